The average Bonchev–Trinajstić information content (AvgIpc) is 3.21. The van der Waals surface area contributed by atoms with Crippen molar-refractivity contribution >= 4 is 17.4 Å². The fourth-order valence-electron chi connectivity index (χ4n) is 2.41. The Hall–Kier alpha value is -3.76. The molecule has 1 aromatic carbocycles. The van der Waals surface area contributed by atoms with Gasteiger partial charge in [0, 0.05) is 5.56 Å². The lowest BCUT2D eigenvalue weighted by atomic mass is 10.0. The van der Waals surface area contributed by atoms with E-state index in [-0.39, 0.29) is 36.0 Å². The molecule has 1 aliphatic rings. The van der Waals surface area contributed by atoms with Crippen molar-refractivity contribution in [1.29, 1.82) is 5.41 Å². The Labute approximate surface area is 168 Å². The normalized spacial score (nSPS) is 15.3. The second-order valence-electron chi connectivity index (χ2n) is 6.02. The van der Waals surface area contributed by atoms with Crippen LogP contribution in [-0.2, 0) is 22.3 Å². The Morgan fingerprint density at radius 1 is 1.27 bits per heavy atom. The molecule has 3 rings (SSSR count). The molecule has 0 unspecified atom stereocenters. The quantitative estimate of drug-likeness (QED) is 0.422. The smallest absolute Gasteiger partial charge is 0.462 e. The zero-order valence-electron chi connectivity index (χ0n) is 15.7. The first-order valence-corrected chi connectivity index (χ1v) is 8.74. The van der Waals surface area contributed by atoms with Gasteiger partial charge in [0.15, 0.2) is 0 Å². The van der Waals surface area contributed by atoms with Gasteiger partial charge < -0.3 is 14.7 Å². The molecule has 2 aromatic rings. The highest BCUT2D eigenvalue weighted by atomic mass is 19.4. The topological polar surface area (TPSA) is 113 Å². The highest BCUT2D eigenvalue weighted by molar-refractivity contribution is 6.50. The molecule has 1 aliphatic carbocycles. The number of alkyl halides is 3. The first-order valence-electron chi connectivity index (χ1n) is 8.74. The number of esters is 1. The number of hydrogen-bond donors (Lipinski definition) is 2. The standard InChI is InChI=1S/C19H16F3N5O3/c1-2-29-17(28)13-7-8-14(23)15(9-13)26-24-10-11-3-5-12(6-4-11)16-25-18(30-27-16)19(20,21)22/h3-9,23-24H,2,10H2,1H3/b23-14?,26-15-. The fraction of sp³-hybridized carbons (Fsp3) is 0.211. The van der Waals surface area contributed by atoms with E-state index in [0.717, 1.165) is 5.56 Å². The van der Waals surface area contributed by atoms with Gasteiger partial charge in [-0.1, -0.05) is 29.4 Å². The van der Waals surface area contributed by atoms with Gasteiger partial charge in [-0.2, -0.15) is 23.3 Å². The molecule has 0 atom stereocenters. The van der Waals surface area contributed by atoms with Crippen LogP contribution in [0.15, 0.2) is 57.7 Å². The van der Waals surface area contributed by atoms with Gasteiger partial charge in [-0.05, 0) is 30.7 Å². The molecule has 30 heavy (non-hydrogen) atoms. The number of halogens is 3. The van der Waals surface area contributed by atoms with E-state index in [9.17, 15) is 18.0 Å². The zero-order chi connectivity index (χ0) is 21.7. The number of carbonyl (C=O) groups excluding carboxylic acids is 1. The number of hydrazone groups is 1. The predicted octanol–water partition coefficient (Wildman–Crippen LogP) is 3.28. The first kappa shape index (κ1) is 21.0. The van der Waals surface area contributed by atoms with E-state index in [1.807, 2.05) is 0 Å². The molecule has 0 saturated heterocycles. The summed E-state index contributed by atoms with van der Waals surface area (Å²) in [5, 5.41) is 15.3. The van der Waals surface area contributed by atoms with Gasteiger partial charge in [0.2, 0.25) is 5.82 Å². The monoisotopic (exact) mass is 419 g/mol. The maximum Gasteiger partial charge on any atom is 0.471 e. The minimum atomic E-state index is -4.70. The van der Waals surface area contributed by atoms with E-state index in [1.54, 1.807) is 31.2 Å². The Balaban J connectivity index is 1.64. The number of nitrogens with zero attached hydrogens (tertiary/aromatic N) is 3. The second kappa shape index (κ2) is 8.72. The highest BCUT2D eigenvalue weighted by Crippen LogP contribution is 2.29. The molecule has 0 amide bonds. The van der Waals surface area contributed by atoms with Crippen LogP contribution in [0.2, 0.25) is 0 Å². The van der Waals surface area contributed by atoms with Crippen LogP contribution in [0.25, 0.3) is 11.4 Å². The summed E-state index contributed by atoms with van der Waals surface area (Å²) < 4.78 is 46.8. The fourth-order valence-corrected chi connectivity index (χ4v) is 2.41. The molecule has 1 heterocycles. The molecular weight excluding hydrogens is 403 g/mol. The lowest BCUT2D eigenvalue weighted by Gasteiger charge is -2.10. The minimum absolute atomic E-state index is 0.128. The minimum Gasteiger partial charge on any atom is -0.462 e. The predicted molar refractivity (Wildman–Crippen MR) is 101 cm³/mol. The van der Waals surface area contributed by atoms with Crippen molar-refractivity contribution in [3.63, 3.8) is 0 Å². The van der Waals surface area contributed by atoms with Crippen LogP contribution in [0, 0.1) is 5.41 Å². The van der Waals surface area contributed by atoms with Crippen LogP contribution in [0.3, 0.4) is 0 Å². The van der Waals surface area contributed by atoms with Crippen molar-refractivity contribution < 1.29 is 27.2 Å². The number of nitrogens with one attached hydrogen (secondary N) is 2. The summed E-state index contributed by atoms with van der Waals surface area (Å²) in [5.41, 5.74) is 4.62. The van der Waals surface area contributed by atoms with Gasteiger partial charge in [0.05, 0.1) is 24.4 Å². The second-order valence-corrected chi connectivity index (χ2v) is 6.02. The summed E-state index contributed by atoms with van der Waals surface area (Å²) in [7, 11) is 0. The van der Waals surface area contributed by atoms with Crippen LogP contribution in [0.4, 0.5) is 13.2 Å². The van der Waals surface area contributed by atoms with Crippen molar-refractivity contribution in [2.75, 3.05) is 6.61 Å². The van der Waals surface area contributed by atoms with Crippen molar-refractivity contribution in [2.24, 2.45) is 5.10 Å². The van der Waals surface area contributed by atoms with Crippen LogP contribution < -0.4 is 5.43 Å². The van der Waals surface area contributed by atoms with E-state index in [2.05, 4.69) is 25.2 Å². The molecule has 0 radical (unpaired) electrons. The van der Waals surface area contributed by atoms with Gasteiger partial charge in [-0.25, -0.2) is 4.79 Å². The van der Waals surface area contributed by atoms with E-state index >= 15 is 0 Å². The third-order valence-corrected chi connectivity index (χ3v) is 3.87. The molecule has 11 heteroatoms. The van der Waals surface area contributed by atoms with E-state index < -0.39 is 18.0 Å². The number of benzene rings is 1. The van der Waals surface area contributed by atoms with Crippen LogP contribution in [0.1, 0.15) is 18.4 Å². The van der Waals surface area contributed by atoms with Crippen molar-refractivity contribution in [3.05, 3.63) is 59.5 Å². The van der Waals surface area contributed by atoms with Crippen LogP contribution in [0.5, 0.6) is 0 Å². The zero-order valence-corrected chi connectivity index (χ0v) is 15.7. The van der Waals surface area contributed by atoms with E-state index in [1.165, 1.54) is 18.2 Å². The third-order valence-electron chi connectivity index (χ3n) is 3.87. The SMILES string of the molecule is CCOC(=O)C1=C/C(=N/NCc2ccc(-c3noc(C(F)(F)F)n3)cc2)C(=N)C=C1. The van der Waals surface area contributed by atoms with Crippen LogP contribution >= 0.6 is 0 Å². The maximum absolute atomic E-state index is 12.5. The van der Waals surface area contributed by atoms with Crippen molar-refractivity contribution in [3.8, 4) is 11.4 Å². The summed E-state index contributed by atoms with van der Waals surface area (Å²) in [6.07, 6.45) is -0.315. The van der Waals surface area contributed by atoms with Crippen molar-refractivity contribution in [2.45, 2.75) is 19.6 Å². The summed E-state index contributed by atoms with van der Waals surface area (Å²) in [6, 6.07) is 6.44. The Kier molecular flexibility index (Phi) is 6.09. The Morgan fingerprint density at radius 2 is 2.00 bits per heavy atom. The molecule has 0 bridgehead atoms. The first-order chi connectivity index (χ1) is 14.3. The number of ether oxygens (including phenoxy) is 1. The molecule has 2 N–H and O–H groups in total. The summed E-state index contributed by atoms with van der Waals surface area (Å²) in [4.78, 5) is 15.1. The highest BCUT2D eigenvalue weighted by Gasteiger charge is 2.38. The van der Waals surface area contributed by atoms with Gasteiger partial charge in [-0.15, -0.1) is 0 Å². The molecule has 0 aliphatic heterocycles. The lowest BCUT2D eigenvalue weighted by Crippen LogP contribution is -2.20. The van der Waals surface area contributed by atoms with Gasteiger partial charge in [0.1, 0.15) is 5.71 Å². The van der Waals surface area contributed by atoms with Crippen LogP contribution in [-0.4, -0.2) is 34.1 Å². The van der Waals surface area contributed by atoms with Crippen molar-refractivity contribution in [1.82, 2.24) is 15.6 Å². The molecule has 1 aromatic heterocycles. The molecular formula is C19H16F3N5O3. The van der Waals surface area contributed by atoms with Gasteiger partial charge in [-0.3, -0.25) is 5.41 Å². The molecule has 0 saturated carbocycles. The van der Waals surface area contributed by atoms with E-state index in [4.69, 9.17) is 10.1 Å². The number of carbonyl (C=O) groups is 1. The largest absolute Gasteiger partial charge is 0.471 e. The van der Waals surface area contributed by atoms with Gasteiger partial charge >= 0.3 is 18.0 Å². The number of aromatic nitrogens is 2. The Bertz CT molecular complexity index is 1040. The Morgan fingerprint density at radius 3 is 2.63 bits per heavy atom. The molecule has 0 spiro atoms. The summed E-state index contributed by atoms with van der Waals surface area (Å²) in [5.74, 6) is -2.07. The van der Waals surface area contributed by atoms with Gasteiger partial charge in [0.25, 0.3) is 0 Å². The third kappa shape index (κ3) is 4.99. The number of rotatable bonds is 6. The lowest BCUT2D eigenvalue weighted by molar-refractivity contribution is -0.159. The number of hydrogen-bond acceptors (Lipinski definition) is 8. The summed E-state index contributed by atoms with van der Waals surface area (Å²) >= 11 is 0. The van der Waals surface area contributed by atoms with E-state index in [0.29, 0.717) is 5.56 Å². The molecule has 0 fully saturated rings. The molecule has 8 nitrogen and oxygen atoms in total. The number of allylic oxidation sites excluding steroid dienone is 2. The maximum atomic E-state index is 12.5. The summed E-state index contributed by atoms with van der Waals surface area (Å²) in [6.45, 7) is 2.22. The average molecular weight is 419 g/mol. The molecule has 156 valence electrons.